The molecule has 1 aromatic carbocycles. The zero-order valence-corrected chi connectivity index (χ0v) is 12.0. The number of fused-ring (bicyclic) bond motifs is 1. The molecule has 0 saturated heterocycles. The van der Waals surface area contributed by atoms with Crippen molar-refractivity contribution in [1.82, 2.24) is 0 Å². The number of carbonyl (C=O) groups is 2. The van der Waals surface area contributed by atoms with Crippen molar-refractivity contribution in [3.63, 3.8) is 0 Å². The van der Waals surface area contributed by atoms with Crippen LogP contribution in [0.25, 0.3) is 0 Å². The van der Waals surface area contributed by atoms with Crippen molar-refractivity contribution in [2.75, 3.05) is 6.61 Å². The molecule has 20 heavy (non-hydrogen) atoms. The van der Waals surface area contributed by atoms with E-state index in [1.807, 2.05) is 26.8 Å². The first kappa shape index (κ1) is 14.5. The van der Waals surface area contributed by atoms with Crippen LogP contribution < -0.4 is 4.74 Å². The van der Waals surface area contributed by atoms with Crippen LogP contribution in [0.3, 0.4) is 0 Å². The SMILES string of the molecule is CCOC(=O)C1(O)C(=O)Oc2ccc(C(C)(C)C)cc21. The van der Waals surface area contributed by atoms with E-state index in [1.54, 1.807) is 19.1 Å². The fraction of sp³-hybridized carbons (Fsp3) is 0.467. The lowest BCUT2D eigenvalue weighted by molar-refractivity contribution is -0.176. The third kappa shape index (κ3) is 2.08. The summed E-state index contributed by atoms with van der Waals surface area (Å²) in [6.45, 7) is 7.66. The normalized spacial score (nSPS) is 21.4. The van der Waals surface area contributed by atoms with Gasteiger partial charge in [-0.3, -0.25) is 0 Å². The Hall–Kier alpha value is -1.88. The van der Waals surface area contributed by atoms with E-state index in [0.717, 1.165) is 5.56 Å². The Morgan fingerprint density at radius 1 is 1.40 bits per heavy atom. The summed E-state index contributed by atoms with van der Waals surface area (Å²) in [5.74, 6) is -1.83. The summed E-state index contributed by atoms with van der Waals surface area (Å²) in [6.07, 6.45) is 0. The summed E-state index contributed by atoms with van der Waals surface area (Å²) < 4.78 is 9.76. The topological polar surface area (TPSA) is 72.8 Å². The summed E-state index contributed by atoms with van der Waals surface area (Å²) in [5.41, 5.74) is -1.52. The van der Waals surface area contributed by atoms with Gasteiger partial charge in [0.15, 0.2) is 0 Å². The number of aliphatic hydroxyl groups is 1. The average molecular weight is 278 g/mol. The molecule has 1 aromatic rings. The van der Waals surface area contributed by atoms with Gasteiger partial charge in [-0.2, -0.15) is 0 Å². The molecule has 0 fully saturated rings. The van der Waals surface area contributed by atoms with Crippen LogP contribution in [0.5, 0.6) is 5.75 Å². The third-order valence-corrected chi connectivity index (χ3v) is 3.30. The highest BCUT2D eigenvalue weighted by atomic mass is 16.6. The van der Waals surface area contributed by atoms with Crippen molar-refractivity contribution in [2.45, 2.75) is 38.7 Å². The van der Waals surface area contributed by atoms with E-state index in [9.17, 15) is 14.7 Å². The summed E-state index contributed by atoms with van der Waals surface area (Å²) in [6, 6.07) is 5.02. The second kappa shape index (κ2) is 4.59. The van der Waals surface area contributed by atoms with Gasteiger partial charge in [0.25, 0.3) is 5.60 Å². The summed E-state index contributed by atoms with van der Waals surface area (Å²) in [4.78, 5) is 23.8. The van der Waals surface area contributed by atoms with E-state index in [2.05, 4.69) is 0 Å². The van der Waals surface area contributed by atoms with Crippen molar-refractivity contribution in [3.05, 3.63) is 29.3 Å². The molecular weight excluding hydrogens is 260 g/mol. The van der Waals surface area contributed by atoms with Crippen LogP contribution in [0.4, 0.5) is 0 Å². The fourth-order valence-corrected chi connectivity index (χ4v) is 2.08. The van der Waals surface area contributed by atoms with Gasteiger partial charge in [-0.1, -0.05) is 26.8 Å². The Morgan fingerprint density at radius 3 is 2.60 bits per heavy atom. The molecule has 0 bridgehead atoms. The molecule has 1 N–H and O–H groups in total. The number of hydrogen-bond donors (Lipinski definition) is 1. The molecule has 1 heterocycles. The number of esters is 2. The van der Waals surface area contributed by atoms with Crippen LogP contribution >= 0.6 is 0 Å². The molecule has 0 saturated carbocycles. The summed E-state index contributed by atoms with van der Waals surface area (Å²) in [5, 5.41) is 10.5. The quantitative estimate of drug-likeness (QED) is 0.506. The van der Waals surface area contributed by atoms with Crippen LogP contribution in [0.2, 0.25) is 0 Å². The second-order valence-electron chi connectivity index (χ2n) is 5.78. The maximum atomic E-state index is 11.9. The van der Waals surface area contributed by atoms with Gasteiger partial charge in [0.1, 0.15) is 5.75 Å². The molecule has 2 rings (SSSR count). The zero-order chi connectivity index (χ0) is 15.1. The summed E-state index contributed by atoms with van der Waals surface area (Å²) in [7, 11) is 0. The molecule has 0 radical (unpaired) electrons. The van der Waals surface area contributed by atoms with Crippen molar-refractivity contribution in [1.29, 1.82) is 0 Å². The van der Waals surface area contributed by atoms with Gasteiger partial charge in [-0.05, 0) is 30.0 Å². The van der Waals surface area contributed by atoms with Crippen molar-refractivity contribution < 1.29 is 24.2 Å². The summed E-state index contributed by atoms with van der Waals surface area (Å²) >= 11 is 0. The van der Waals surface area contributed by atoms with E-state index in [0.29, 0.717) is 0 Å². The van der Waals surface area contributed by atoms with E-state index in [-0.39, 0.29) is 23.3 Å². The standard InChI is InChI=1S/C15H18O5/c1-5-19-12(16)15(18)10-8-9(14(2,3)4)6-7-11(10)20-13(15)17/h6-8,18H,5H2,1-4H3. The van der Waals surface area contributed by atoms with Gasteiger partial charge in [0.2, 0.25) is 0 Å². The maximum absolute atomic E-state index is 11.9. The highest BCUT2D eigenvalue weighted by molar-refractivity contribution is 6.08. The smallest absolute Gasteiger partial charge is 0.360 e. The van der Waals surface area contributed by atoms with Gasteiger partial charge in [-0.15, -0.1) is 0 Å². The minimum absolute atomic E-state index is 0.0721. The van der Waals surface area contributed by atoms with Gasteiger partial charge in [-0.25, -0.2) is 9.59 Å². The van der Waals surface area contributed by atoms with Gasteiger partial charge in [0.05, 0.1) is 6.61 Å². The van der Waals surface area contributed by atoms with Gasteiger partial charge in [0, 0.05) is 5.56 Å². The molecule has 0 aliphatic carbocycles. The number of carbonyl (C=O) groups excluding carboxylic acids is 2. The first-order valence-electron chi connectivity index (χ1n) is 6.48. The molecule has 0 aromatic heterocycles. The molecule has 1 unspecified atom stereocenters. The molecule has 5 nitrogen and oxygen atoms in total. The highest BCUT2D eigenvalue weighted by Gasteiger charge is 2.56. The van der Waals surface area contributed by atoms with E-state index >= 15 is 0 Å². The number of benzene rings is 1. The number of ether oxygens (including phenoxy) is 2. The van der Waals surface area contributed by atoms with Crippen LogP contribution in [-0.4, -0.2) is 23.7 Å². The number of hydrogen-bond acceptors (Lipinski definition) is 5. The fourth-order valence-electron chi connectivity index (χ4n) is 2.08. The lowest BCUT2D eigenvalue weighted by Gasteiger charge is -2.22. The van der Waals surface area contributed by atoms with Gasteiger partial charge < -0.3 is 14.6 Å². The molecule has 0 amide bonds. The molecule has 5 heteroatoms. The first-order valence-corrected chi connectivity index (χ1v) is 6.48. The number of rotatable bonds is 2. The molecule has 1 atom stereocenters. The average Bonchev–Trinajstić information content (AvgIpc) is 2.61. The first-order chi connectivity index (χ1) is 9.21. The minimum Gasteiger partial charge on any atom is -0.463 e. The minimum atomic E-state index is -2.37. The predicted octanol–water partition coefficient (Wildman–Crippen LogP) is 1.65. The molecule has 1 aliphatic rings. The Morgan fingerprint density at radius 2 is 2.05 bits per heavy atom. The largest absolute Gasteiger partial charge is 0.463 e. The van der Waals surface area contributed by atoms with Crippen LogP contribution in [0, 0.1) is 0 Å². The Bertz CT molecular complexity index is 570. The zero-order valence-electron chi connectivity index (χ0n) is 12.0. The van der Waals surface area contributed by atoms with E-state index < -0.39 is 17.5 Å². The van der Waals surface area contributed by atoms with E-state index in [1.165, 1.54) is 0 Å². The van der Waals surface area contributed by atoms with Crippen LogP contribution in [0.15, 0.2) is 18.2 Å². The van der Waals surface area contributed by atoms with Crippen molar-refractivity contribution in [2.24, 2.45) is 0 Å². The predicted molar refractivity (Wildman–Crippen MR) is 71.3 cm³/mol. The monoisotopic (exact) mass is 278 g/mol. The lowest BCUT2D eigenvalue weighted by atomic mass is 9.83. The van der Waals surface area contributed by atoms with Crippen molar-refractivity contribution >= 4 is 11.9 Å². The Balaban J connectivity index is 2.56. The molecular formula is C15H18O5. The van der Waals surface area contributed by atoms with E-state index in [4.69, 9.17) is 9.47 Å². The molecule has 1 aliphatic heterocycles. The van der Waals surface area contributed by atoms with Gasteiger partial charge >= 0.3 is 11.9 Å². The molecule has 0 spiro atoms. The van der Waals surface area contributed by atoms with Crippen LogP contribution in [0.1, 0.15) is 38.8 Å². The Labute approximate surface area is 117 Å². The second-order valence-corrected chi connectivity index (χ2v) is 5.78. The van der Waals surface area contributed by atoms with Crippen LogP contribution in [-0.2, 0) is 25.3 Å². The highest BCUT2D eigenvalue weighted by Crippen LogP contribution is 2.41. The molecule has 108 valence electrons. The maximum Gasteiger partial charge on any atom is 0.360 e. The Kier molecular flexibility index (Phi) is 3.34. The third-order valence-electron chi connectivity index (χ3n) is 3.30. The lowest BCUT2D eigenvalue weighted by Crippen LogP contribution is -2.43. The van der Waals surface area contributed by atoms with Crippen molar-refractivity contribution in [3.8, 4) is 5.75 Å².